The maximum Gasteiger partial charge on any atom is 0.155 e. The molecule has 1 saturated heterocycles. The third kappa shape index (κ3) is 2.87. The number of aliphatic imine (C=N–C) groups is 1. The molecule has 0 aromatic rings. The zero-order valence-corrected chi connectivity index (χ0v) is 19.9. The number of fused-ring (bicyclic) bond motifs is 6. The summed E-state index contributed by atoms with van der Waals surface area (Å²) >= 11 is 0. The Morgan fingerprint density at radius 1 is 1.16 bits per heavy atom. The average Bonchev–Trinajstić information content (AvgIpc) is 3.19. The third-order valence-electron chi connectivity index (χ3n) is 10.6. The number of ketones is 1. The van der Waals surface area contributed by atoms with E-state index in [2.05, 4.69) is 27.7 Å². The van der Waals surface area contributed by atoms with Crippen LogP contribution in [0.5, 0.6) is 0 Å². The van der Waals surface area contributed by atoms with E-state index in [0.717, 1.165) is 56.4 Å². The molecule has 6 rings (SSSR count). The zero-order valence-electron chi connectivity index (χ0n) is 19.9. The maximum absolute atomic E-state index is 12.1. The first kappa shape index (κ1) is 20.4. The van der Waals surface area contributed by atoms with Crippen LogP contribution < -0.4 is 0 Å². The van der Waals surface area contributed by atoms with Crippen molar-refractivity contribution in [2.24, 2.45) is 40.0 Å². The molecule has 168 valence electrons. The van der Waals surface area contributed by atoms with E-state index in [4.69, 9.17) is 9.73 Å². The second kappa shape index (κ2) is 6.89. The number of hydrogen-bond donors (Lipinski definition) is 0. The number of hydrogen-bond acceptors (Lipinski definition) is 3. The Labute approximate surface area is 187 Å². The highest BCUT2D eigenvalue weighted by Crippen LogP contribution is 2.64. The number of ether oxygens (including phenoxy) is 1. The largest absolute Gasteiger partial charge is 0.365 e. The van der Waals surface area contributed by atoms with E-state index in [1.54, 1.807) is 11.1 Å². The van der Waals surface area contributed by atoms with Crippen LogP contribution in [0.15, 0.2) is 27.8 Å². The minimum atomic E-state index is -0.0225. The number of allylic oxidation sites excluding steroid dienone is 3. The molecular formula is C28H39NO2. The van der Waals surface area contributed by atoms with Crippen LogP contribution in [0.25, 0.3) is 0 Å². The molecule has 8 atom stereocenters. The summed E-state index contributed by atoms with van der Waals surface area (Å²) in [5.41, 5.74) is 6.47. The fraction of sp³-hybridized carbons (Fsp3) is 0.786. The highest BCUT2D eigenvalue weighted by molar-refractivity contribution is 5.94. The van der Waals surface area contributed by atoms with Crippen LogP contribution in [0.2, 0.25) is 0 Å². The molecule has 1 spiro atoms. The van der Waals surface area contributed by atoms with Gasteiger partial charge in [-0.1, -0.05) is 37.5 Å². The molecular weight excluding hydrogens is 382 g/mol. The molecule has 6 aliphatic rings. The highest BCUT2D eigenvalue weighted by Gasteiger charge is 2.57. The van der Waals surface area contributed by atoms with Gasteiger partial charge in [-0.05, 0) is 93.5 Å². The van der Waals surface area contributed by atoms with Gasteiger partial charge in [-0.15, -0.1) is 0 Å². The number of carbonyl (C=O) groups excluding carboxylic acids is 1. The molecule has 3 nitrogen and oxygen atoms in total. The molecule has 0 bridgehead atoms. The average molecular weight is 422 g/mol. The van der Waals surface area contributed by atoms with E-state index in [1.165, 1.54) is 37.0 Å². The molecule has 0 N–H and O–H groups in total. The van der Waals surface area contributed by atoms with Gasteiger partial charge in [-0.25, -0.2) is 0 Å². The Morgan fingerprint density at radius 2 is 2.00 bits per heavy atom. The van der Waals surface area contributed by atoms with Gasteiger partial charge in [0.1, 0.15) is 0 Å². The molecule has 0 radical (unpaired) electrons. The monoisotopic (exact) mass is 421 g/mol. The normalized spacial score (nSPS) is 49.1. The summed E-state index contributed by atoms with van der Waals surface area (Å²) in [7, 11) is 0. The van der Waals surface area contributed by atoms with Crippen molar-refractivity contribution in [2.75, 3.05) is 6.54 Å². The number of rotatable bonds is 0. The quantitative estimate of drug-likeness (QED) is 0.444. The minimum Gasteiger partial charge on any atom is -0.365 e. The predicted molar refractivity (Wildman–Crippen MR) is 124 cm³/mol. The summed E-state index contributed by atoms with van der Waals surface area (Å²) in [5, 5.41) is 0. The van der Waals surface area contributed by atoms with Crippen LogP contribution in [0, 0.1) is 35.0 Å². The molecule has 2 aliphatic heterocycles. The van der Waals surface area contributed by atoms with Gasteiger partial charge in [0, 0.05) is 24.6 Å². The number of carbonyl (C=O) groups is 1. The van der Waals surface area contributed by atoms with E-state index < -0.39 is 0 Å². The van der Waals surface area contributed by atoms with E-state index in [0.29, 0.717) is 17.6 Å². The Kier molecular flexibility index (Phi) is 4.53. The molecule has 0 amide bonds. The summed E-state index contributed by atoms with van der Waals surface area (Å²) < 4.78 is 6.93. The van der Waals surface area contributed by atoms with Crippen molar-refractivity contribution in [3.05, 3.63) is 22.8 Å². The van der Waals surface area contributed by atoms with Crippen molar-refractivity contribution in [2.45, 2.75) is 97.2 Å². The molecule has 0 aromatic heterocycles. The lowest BCUT2D eigenvalue weighted by atomic mass is 9.56. The van der Waals surface area contributed by atoms with Crippen molar-refractivity contribution in [3.8, 4) is 0 Å². The van der Waals surface area contributed by atoms with Crippen molar-refractivity contribution in [1.29, 1.82) is 0 Å². The van der Waals surface area contributed by atoms with Gasteiger partial charge < -0.3 is 4.74 Å². The lowest BCUT2D eigenvalue weighted by molar-refractivity contribution is -0.116. The van der Waals surface area contributed by atoms with Gasteiger partial charge in [0.05, 0.1) is 11.7 Å². The van der Waals surface area contributed by atoms with E-state index in [1.807, 2.05) is 6.08 Å². The summed E-state index contributed by atoms with van der Waals surface area (Å²) in [4.78, 5) is 17.1. The molecule has 2 saturated carbocycles. The molecule has 0 aromatic carbocycles. The Balaban J connectivity index is 1.31. The zero-order chi connectivity index (χ0) is 21.5. The molecule has 0 unspecified atom stereocenters. The fourth-order valence-electron chi connectivity index (χ4n) is 8.76. The van der Waals surface area contributed by atoms with Gasteiger partial charge in [-0.2, -0.15) is 0 Å². The second-order valence-corrected chi connectivity index (χ2v) is 12.2. The molecule has 4 aliphatic carbocycles. The van der Waals surface area contributed by atoms with Crippen LogP contribution in [-0.4, -0.2) is 29.7 Å². The van der Waals surface area contributed by atoms with Crippen LogP contribution in [0.4, 0.5) is 0 Å². The first-order valence-electron chi connectivity index (χ1n) is 13.0. The first-order valence-corrected chi connectivity index (χ1v) is 13.0. The van der Waals surface area contributed by atoms with Crippen LogP contribution >= 0.6 is 0 Å². The van der Waals surface area contributed by atoms with E-state index in [9.17, 15) is 4.79 Å². The van der Waals surface area contributed by atoms with Crippen LogP contribution in [-0.2, 0) is 9.53 Å². The van der Waals surface area contributed by atoms with Crippen LogP contribution in [0.1, 0.15) is 85.5 Å². The lowest BCUT2D eigenvalue weighted by Crippen LogP contribution is -2.41. The molecule has 31 heavy (non-hydrogen) atoms. The summed E-state index contributed by atoms with van der Waals surface area (Å²) in [6.45, 7) is 10.6. The Bertz CT molecular complexity index is 912. The second-order valence-electron chi connectivity index (χ2n) is 12.2. The highest BCUT2D eigenvalue weighted by atomic mass is 16.5. The minimum absolute atomic E-state index is 0.0225. The standard InChI is InChI=1S/C28H39NO2/c1-16-11-25-26(29-15-16)18(3)28(31-25)10-8-21-22-6-5-19-12-20(30)7-9-27(19,4)24(22)13-23(21)17(2)14-28/h12,16,18,21-22,24-25H,5-11,13-15H2,1-4H3/t16-,18+,21-,22-,24-,25+,27-,28-/m0/s1. The Hall–Kier alpha value is -1.22. The fourth-order valence-corrected chi connectivity index (χ4v) is 8.76. The molecule has 2 heterocycles. The smallest absolute Gasteiger partial charge is 0.155 e. The lowest BCUT2D eigenvalue weighted by Gasteiger charge is -2.48. The maximum atomic E-state index is 12.1. The van der Waals surface area contributed by atoms with Crippen molar-refractivity contribution < 1.29 is 9.53 Å². The van der Waals surface area contributed by atoms with Gasteiger partial charge in [0.15, 0.2) is 5.78 Å². The SMILES string of the molecule is CC1=C2C[C@H]3[C@@H](CCC4=CC(=O)CC[C@@]43C)[C@@H]2CC[C@@]2(C1)O[C@@H]1C[C@H](C)CN=C1[C@H]2C. The topological polar surface area (TPSA) is 38.7 Å². The summed E-state index contributed by atoms with van der Waals surface area (Å²) in [6, 6.07) is 0. The van der Waals surface area contributed by atoms with E-state index in [-0.39, 0.29) is 17.1 Å². The molecule has 3 heteroatoms. The van der Waals surface area contributed by atoms with Crippen molar-refractivity contribution >= 4 is 11.5 Å². The molecule has 3 fully saturated rings. The summed E-state index contributed by atoms with van der Waals surface area (Å²) in [6.07, 6.45) is 12.5. The van der Waals surface area contributed by atoms with Crippen molar-refractivity contribution in [1.82, 2.24) is 0 Å². The van der Waals surface area contributed by atoms with Gasteiger partial charge >= 0.3 is 0 Å². The Morgan fingerprint density at radius 3 is 2.84 bits per heavy atom. The van der Waals surface area contributed by atoms with Gasteiger partial charge in [0.2, 0.25) is 0 Å². The predicted octanol–water partition coefficient (Wildman–Crippen LogP) is 6.08. The van der Waals surface area contributed by atoms with E-state index >= 15 is 0 Å². The third-order valence-corrected chi connectivity index (χ3v) is 10.6. The van der Waals surface area contributed by atoms with Gasteiger partial charge in [0.25, 0.3) is 0 Å². The van der Waals surface area contributed by atoms with Crippen LogP contribution in [0.3, 0.4) is 0 Å². The summed E-state index contributed by atoms with van der Waals surface area (Å²) in [5.74, 6) is 3.74. The first-order chi connectivity index (χ1) is 14.8. The number of nitrogens with zero attached hydrogens (tertiary/aromatic N) is 1. The van der Waals surface area contributed by atoms with Crippen molar-refractivity contribution in [3.63, 3.8) is 0 Å². The van der Waals surface area contributed by atoms with Gasteiger partial charge in [-0.3, -0.25) is 9.79 Å².